The molecule has 2 fully saturated rings. The van der Waals surface area contributed by atoms with Gasteiger partial charge in [-0.3, -0.25) is 4.90 Å². The maximum absolute atomic E-state index is 14.1. The number of benzene rings is 1. The number of amides is 1. The number of likely N-dealkylation sites (tertiary alicyclic amines) is 1. The predicted octanol–water partition coefficient (Wildman–Crippen LogP) is 6.32. The Kier molecular flexibility index (Phi) is 9.60. The lowest BCUT2D eigenvalue weighted by molar-refractivity contribution is -0.198. The number of hydrogen-bond acceptors (Lipinski definition) is 9. The van der Waals surface area contributed by atoms with E-state index in [2.05, 4.69) is 25.9 Å². The lowest BCUT2D eigenvalue weighted by Crippen LogP contribution is -2.45. The standard InChI is InChI=1S/C28H34BrClF3N5O5/c1-5-41-23(39)19-14-27(15-38(19)25(40)43-26(2,3)4)8-10-37(11-9-27)20-13-21(36-24(34)35-20)42-22(28(31,32)33)17-12-16(30)6-7-18(17)29/h6-7,12-13,19,22H,5,8-11,14-15H2,1-4H3,(H2,34,35,36)/t19-,22+/m0/s1. The summed E-state index contributed by atoms with van der Waals surface area (Å²) in [5.41, 5.74) is 4.55. The SMILES string of the molecule is CCOC(=O)[C@@H]1CC2(CCN(c3cc(O[C@H](c4cc(Cl)ccc4Br)C(F)(F)F)nc(N)n3)CC2)CN1C(=O)OC(C)(C)C. The molecule has 2 saturated heterocycles. The number of nitrogens with zero attached hydrogens (tertiary/aromatic N) is 4. The average Bonchev–Trinajstić information content (AvgIpc) is 3.27. The van der Waals surface area contributed by atoms with Crippen LogP contribution in [0.4, 0.5) is 29.7 Å². The zero-order chi connectivity index (χ0) is 31.7. The summed E-state index contributed by atoms with van der Waals surface area (Å²) >= 11 is 9.10. The van der Waals surface area contributed by atoms with Gasteiger partial charge in [-0.15, -0.1) is 0 Å². The molecule has 3 heterocycles. The van der Waals surface area contributed by atoms with E-state index < -0.39 is 36.0 Å². The molecule has 1 aromatic carbocycles. The molecule has 0 unspecified atom stereocenters. The highest BCUT2D eigenvalue weighted by atomic mass is 79.9. The highest BCUT2D eigenvalue weighted by molar-refractivity contribution is 9.10. The van der Waals surface area contributed by atoms with Crippen molar-refractivity contribution in [2.45, 2.75) is 70.9 Å². The fourth-order valence-corrected chi connectivity index (χ4v) is 6.02. The molecule has 15 heteroatoms. The van der Waals surface area contributed by atoms with Crippen molar-refractivity contribution >= 4 is 51.4 Å². The number of aromatic nitrogens is 2. The third-order valence-corrected chi connectivity index (χ3v) is 8.28. The topological polar surface area (TPSA) is 120 Å². The first kappa shape index (κ1) is 32.9. The van der Waals surface area contributed by atoms with Crippen LogP contribution in [0.3, 0.4) is 0 Å². The van der Waals surface area contributed by atoms with Crippen LogP contribution in [-0.4, -0.2) is 71.0 Å². The number of esters is 1. The Morgan fingerprint density at radius 2 is 1.86 bits per heavy atom. The first-order chi connectivity index (χ1) is 20.0. The summed E-state index contributed by atoms with van der Waals surface area (Å²) in [4.78, 5) is 37.3. The minimum absolute atomic E-state index is 0.114. The van der Waals surface area contributed by atoms with E-state index in [-0.39, 0.29) is 38.9 Å². The molecule has 2 N–H and O–H groups in total. The van der Waals surface area contributed by atoms with Gasteiger partial charge in [-0.25, -0.2) is 9.59 Å². The van der Waals surface area contributed by atoms with Crippen molar-refractivity contribution < 1.29 is 37.0 Å². The van der Waals surface area contributed by atoms with Gasteiger partial charge in [0.2, 0.25) is 17.9 Å². The number of rotatable bonds is 6. The molecule has 1 spiro atoms. The minimum atomic E-state index is -4.79. The molecule has 4 rings (SSSR count). The molecule has 0 aliphatic carbocycles. The maximum atomic E-state index is 14.1. The fourth-order valence-electron chi connectivity index (χ4n) is 5.39. The van der Waals surface area contributed by atoms with Gasteiger partial charge in [0.25, 0.3) is 0 Å². The molecule has 0 saturated carbocycles. The number of anilines is 2. The van der Waals surface area contributed by atoms with Gasteiger partial charge in [0.05, 0.1) is 6.61 Å². The molecule has 0 radical (unpaired) electrons. The second-order valence-corrected chi connectivity index (χ2v) is 13.0. The van der Waals surface area contributed by atoms with E-state index in [4.69, 9.17) is 31.5 Å². The number of halogens is 5. The Balaban J connectivity index is 1.52. The first-order valence-corrected chi connectivity index (χ1v) is 14.9. The van der Waals surface area contributed by atoms with E-state index >= 15 is 0 Å². The van der Waals surface area contributed by atoms with Crippen LogP contribution in [0.15, 0.2) is 28.7 Å². The Labute approximate surface area is 261 Å². The molecule has 43 heavy (non-hydrogen) atoms. The quantitative estimate of drug-likeness (QED) is 0.347. The molecule has 236 valence electrons. The van der Waals surface area contributed by atoms with E-state index in [0.717, 1.165) is 0 Å². The normalized spacial score (nSPS) is 19.3. The van der Waals surface area contributed by atoms with Crippen LogP contribution >= 0.6 is 27.5 Å². The summed E-state index contributed by atoms with van der Waals surface area (Å²) in [5, 5.41) is 0.114. The maximum Gasteiger partial charge on any atom is 0.429 e. The lowest BCUT2D eigenvalue weighted by atomic mass is 9.76. The van der Waals surface area contributed by atoms with Crippen LogP contribution in [-0.2, 0) is 14.3 Å². The van der Waals surface area contributed by atoms with Crippen LogP contribution in [0.2, 0.25) is 5.02 Å². The summed E-state index contributed by atoms with van der Waals surface area (Å²) in [6.45, 7) is 8.34. The molecular formula is C28H34BrClF3N5O5. The van der Waals surface area contributed by atoms with Crippen molar-refractivity contribution in [1.29, 1.82) is 0 Å². The molecule has 2 aromatic rings. The predicted molar refractivity (Wildman–Crippen MR) is 157 cm³/mol. The highest BCUT2D eigenvalue weighted by Crippen LogP contribution is 2.45. The van der Waals surface area contributed by atoms with Crippen LogP contribution in [0, 0.1) is 5.41 Å². The second kappa shape index (κ2) is 12.5. The second-order valence-electron chi connectivity index (χ2n) is 11.7. The van der Waals surface area contributed by atoms with Crippen LogP contribution in [0.1, 0.15) is 58.6 Å². The Morgan fingerprint density at radius 3 is 2.47 bits per heavy atom. The van der Waals surface area contributed by atoms with Gasteiger partial charge < -0.3 is 24.8 Å². The lowest BCUT2D eigenvalue weighted by Gasteiger charge is -2.39. The van der Waals surface area contributed by atoms with Gasteiger partial charge in [-0.2, -0.15) is 23.1 Å². The molecule has 10 nitrogen and oxygen atoms in total. The van der Waals surface area contributed by atoms with Crippen molar-refractivity contribution in [3.05, 3.63) is 39.3 Å². The Bertz CT molecular complexity index is 1350. The van der Waals surface area contributed by atoms with Gasteiger partial charge in [0, 0.05) is 40.8 Å². The van der Waals surface area contributed by atoms with Crippen molar-refractivity contribution in [3.63, 3.8) is 0 Å². The van der Waals surface area contributed by atoms with E-state index in [1.807, 2.05) is 4.90 Å². The zero-order valence-electron chi connectivity index (χ0n) is 24.2. The van der Waals surface area contributed by atoms with E-state index in [0.29, 0.717) is 44.7 Å². The Hall–Kier alpha value is -3.00. The first-order valence-electron chi connectivity index (χ1n) is 13.7. The minimum Gasteiger partial charge on any atom is -0.464 e. The zero-order valence-corrected chi connectivity index (χ0v) is 26.6. The third kappa shape index (κ3) is 7.94. The smallest absolute Gasteiger partial charge is 0.429 e. The number of hydrogen-bond donors (Lipinski definition) is 1. The van der Waals surface area contributed by atoms with Gasteiger partial charge in [-0.05, 0) is 70.6 Å². The molecule has 1 amide bonds. The number of carbonyl (C=O) groups is 2. The van der Waals surface area contributed by atoms with Gasteiger partial charge in [0.15, 0.2) is 0 Å². The number of piperidine rings is 1. The molecule has 2 atom stereocenters. The van der Waals surface area contributed by atoms with E-state index in [1.54, 1.807) is 27.7 Å². The van der Waals surface area contributed by atoms with Crippen molar-refractivity contribution in [2.24, 2.45) is 5.41 Å². The van der Waals surface area contributed by atoms with Crippen molar-refractivity contribution in [1.82, 2.24) is 14.9 Å². The number of carbonyl (C=O) groups excluding carboxylic acids is 2. The summed E-state index contributed by atoms with van der Waals surface area (Å²) in [6.07, 6.45) is -6.19. The summed E-state index contributed by atoms with van der Waals surface area (Å²) in [7, 11) is 0. The van der Waals surface area contributed by atoms with E-state index in [1.165, 1.54) is 29.2 Å². The van der Waals surface area contributed by atoms with Gasteiger partial charge in [-0.1, -0.05) is 27.5 Å². The number of nitrogens with two attached hydrogens (primary N) is 1. The number of ether oxygens (including phenoxy) is 3. The van der Waals surface area contributed by atoms with Crippen LogP contribution < -0.4 is 15.4 Å². The van der Waals surface area contributed by atoms with Crippen LogP contribution in [0.5, 0.6) is 5.88 Å². The summed E-state index contributed by atoms with van der Waals surface area (Å²) in [6, 6.07) is 4.57. The largest absolute Gasteiger partial charge is 0.464 e. The van der Waals surface area contributed by atoms with Gasteiger partial charge >= 0.3 is 18.2 Å². The van der Waals surface area contributed by atoms with E-state index in [9.17, 15) is 22.8 Å². The highest BCUT2D eigenvalue weighted by Gasteiger charge is 2.51. The monoisotopic (exact) mass is 691 g/mol. The Morgan fingerprint density at radius 1 is 1.19 bits per heavy atom. The molecule has 0 bridgehead atoms. The molecular weight excluding hydrogens is 659 g/mol. The molecule has 2 aliphatic heterocycles. The van der Waals surface area contributed by atoms with Gasteiger partial charge in [0.1, 0.15) is 17.5 Å². The molecule has 2 aliphatic rings. The number of alkyl halides is 3. The summed E-state index contributed by atoms with van der Waals surface area (Å²) in [5.74, 6) is -0.787. The third-order valence-electron chi connectivity index (χ3n) is 7.33. The summed E-state index contributed by atoms with van der Waals surface area (Å²) < 4.78 is 58.7. The fraction of sp³-hybridized carbons (Fsp3) is 0.571. The molecule has 1 aromatic heterocycles. The average molecular weight is 693 g/mol. The van der Waals surface area contributed by atoms with Crippen molar-refractivity contribution in [3.8, 4) is 5.88 Å². The van der Waals surface area contributed by atoms with Crippen LogP contribution in [0.25, 0.3) is 0 Å². The van der Waals surface area contributed by atoms with Crippen molar-refractivity contribution in [2.75, 3.05) is 36.9 Å². The number of nitrogen functional groups attached to an aromatic ring is 1.